The summed E-state index contributed by atoms with van der Waals surface area (Å²) in [4.78, 5) is 12.7. The molecule has 1 aliphatic carbocycles. The van der Waals surface area contributed by atoms with Gasteiger partial charge in [-0.3, -0.25) is 9.36 Å². The molecule has 0 saturated heterocycles. The van der Waals surface area contributed by atoms with Crippen molar-refractivity contribution in [2.75, 3.05) is 7.11 Å². The van der Waals surface area contributed by atoms with Gasteiger partial charge in [-0.2, -0.15) is 0 Å². The molecular weight excluding hydrogens is 424 g/mol. The maximum Gasteiger partial charge on any atom is 0.233 e. The van der Waals surface area contributed by atoms with Crippen LogP contribution in [0, 0.1) is 5.92 Å². The van der Waals surface area contributed by atoms with Crippen LogP contribution in [0.2, 0.25) is 0 Å². The molecule has 4 rings (SSSR count). The van der Waals surface area contributed by atoms with Crippen LogP contribution < -0.4 is 10.1 Å². The van der Waals surface area contributed by atoms with E-state index in [0.717, 1.165) is 34.5 Å². The molecule has 1 N–H and O–H groups in total. The number of nitrogens with one attached hydrogen (secondary N) is 1. The molecule has 0 radical (unpaired) electrons. The number of thioether (sulfide) groups is 1. The molecule has 1 fully saturated rings. The van der Waals surface area contributed by atoms with E-state index in [2.05, 4.69) is 27.0 Å². The van der Waals surface area contributed by atoms with Crippen molar-refractivity contribution in [2.45, 2.75) is 62.5 Å². The maximum absolute atomic E-state index is 12.7. The lowest BCUT2D eigenvalue weighted by Crippen LogP contribution is -2.31. The Hall–Kier alpha value is -2.74. The Morgan fingerprint density at radius 2 is 2.03 bits per heavy atom. The predicted octanol–water partition coefficient (Wildman–Crippen LogP) is 5.09. The molecule has 0 aliphatic heterocycles. The number of hydrogen-bond donors (Lipinski definition) is 1. The Bertz CT molecular complexity index is 1020. The fourth-order valence-corrected chi connectivity index (χ4v) is 5.15. The number of amides is 1. The molecule has 1 amide bonds. The number of nitrogens with zero attached hydrogens (tertiary/aromatic N) is 3. The van der Waals surface area contributed by atoms with E-state index in [0.29, 0.717) is 18.5 Å². The topological polar surface area (TPSA) is 82.2 Å². The number of methoxy groups -OCH3 is 1. The van der Waals surface area contributed by atoms with Gasteiger partial charge in [0.25, 0.3) is 0 Å². The number of aromatic nitrogens is 3. The zero-order valence-electron chi connectivity index (χ0n) is 18.8. The highest BCUT2D eigenvalue weighted by Gasteiger charge is 2.30. The van der Waals surface area contributed by atoms with E-state index in [9.17, 15) is 4.79 Å². The standard InChI is InChI=1S/C24H30N4O3S/c1-16-7-4-5-9-21(16)28-22(18-10-12-19(30-3)13-11-18)26-27-24(28)32-17(2)23(29)25-15-20-8-6-14-31-20/h6,8,10-14,16-17,21H,4-5,7,9,15H2,1-3H3,(H,25,29)/t16-,17+,21-/m0/s1. The van der Waals surface area contributed by atoms with Gasteiger partial charge in [0.2, 0.25) is 5.91 Å². The van der Waals surface area contributed by atoms with Gasteiger partial charge >= 0.3 is 0 Å². The van der Waals surface area contributed by atoms with Gasteiger partial charge in [0.05, 0.1) is 25.2 Å². The highest BCUT2D eigenvalue weighted by atomic mass is 32.2. The SMILES string of the molecule is COc1ccc(-c2nnc(S[C@H](C)C(=O)NCc3ccco3)n2[C@H]2CCCC[C@@H]2C)cc1. The van der Waals surface area contributed by atoms with E-state index < -0.39 is 0 Å². The molecule has 1 aliphatic rings. The average molecular weight is 455 g/mol. The minimum absolute atomic E-state index is 0.0522. The Labute approximate surface area is 192 Å². The summed E-state index contributed by atoms with van der Waals surface area (Å²) in [5, 5.41) is 12.5. The molecule has 7 nitrogen and oxygen atoms in total. The van der Waals surface area contributed by atoms with Crippen LogP contribution in [0.15, 0.2) is 52.2 Å². The van der Waals surface area contributed by atoms with E-state index in [1.54, 1.807) is 13.4 Å². The Balaban J connectivity index is 1.57. The lowest BCUT2D eigenvalue weighted by molar-refractivity contribution is -0.120. The average Bonchev–Trinajstić information content (AvgIpc) is 3.48. The van der Waals surface area contributed by atoms with Crippen LogP contribution in [0.3, 0.4) is 0 Å². The molecule has 8 heteroatoms. The van der Waals surface area contributed by atoms with Crippen molar-refractivity contribution in [3.63, 3.8) is 0 Å². The van der Waals surface area contributed by atoms with Gasteiger partial charge in [0, 0.05) is 11.6 Å². The molecule has 0 bridgehead atoms. The molecule has 2 heterocycles. The number of benzene rings is 1. The van der Waals surface area contributed by atoms with E-state index in [-0.39, 0.29) is 11.2 Å². The summed E-state index contributed by atoms with van der Waals surface area (Å²) in [5.41, 5.74) is 0.998. The van der Waals surface area contributed by atoms with Gasteiger partial charge in [-0.1, -0.05) is 31.5 Å². The second kappa shape index (κ2) is 10.3. The molecule has 1 saturated carbocycles. The van der Waals surface area contributed by atoms with E-state index in [1.807, 2.05) is 43.3 Å². The normalized spacial score (nSPS) is 19.5. The summed E-state index contributed by atoms with van der Waals surface area (Å²) in [6.07, 6.45) is 6.33. The first kappa shape index (κ1) is 22.5. The number of hydrogen-bond acceptors (Lipinski definition) is 6. The van der Waals surface area contributed by atoms with Crippen LogP contribution in [0.5, 0.6) is 5.75 Å². The van der Waals surface area contributed by atoms with Crippen LogP contribution in [-0.2, 0) is 11.3 Å². The van der Waals surface area contributed by atoms with Gasteiger partial charge in [-0.05, 0) is 62.1 Å². The number of carbonyl (C=O) groups excluding carboxylic acids is 1. The summed E-state index contributed by atoms with van der Waals surface area (Å²) >= 11 is 1.46. The second-order valence-corrected chi connectivity index (χ2v) is 9.60. The lowest BCUT2D eigenvalue weighted by Gasteiger charge is -2.31. The highest BCUT2D eigenvalue weighted by Crippen LogP contribution is 2.39. The van der Waals surface area contributed by atoms with Gasteiger partial charge in [0.1, 0.15) is 11.5 Å². The van der Waals surface area contributed by atoms with E-state index >= 15 is 0 Å². The summed E-state index contributed by atoms with van der Waals surface area (Å²) in [6.45, 7) is 4.58. The summed E-state index contributed by atoms with van der Waals surface area (Å²) in [7, 11) is 1.66. The number of ether oxygens (including phenoxy) is 1. The number of carbonyl (C=O) groups is 1. The van der Waals surface area contributed by atoms with Crippen LogP contribution >= 0.6 is 11.8 Å². The predicted molar refractivity (Wildman–Crippen MR) is 125 cm³/mol. The maximum atomic E-state index is 12.7. The first-order chi connectivity index (χ1) is 15.6. The first-order valence-corrected chi connectivity index (χ1v) is 12.0. The van der Waals surface area contributed by atoms with Crippen molar-refractivity contribution in [3.8, 4) is 17.1 Å². The molecule has 0 spiro atoms. The fraction of sp³-hybridized carbons (Fsp3) is 0.458. The third-order valence-electron chi connectivity index (χ3n) is 6.08. The molecule has 3 aromatic rings. The largest absolute Gasteiger partial charge is 0.497 e. The number of rotatable bonds is 8. The molecule has 2 aromatic heterocycles. The molecule has 3 atom stereocenters. The quantitative estimate of drug-likeness (QED) is 0.477. The Kier molecular flexibility index (Phi) is 7.19. The third-order valence-corrected chi connectivity index (χ3v) is 7.14. The summed E-state index contributed by atoms with van der Waals surface area (Å²) in [5.74, 6) is 2.86. The van der Waals surface area contributed by atoms with Crippen LogP contribution in [0.4, 0.5) is 0 Å². The second-order valence-electron chi connectivity index (χ2n) is 8.29. The van der Waals surface area contributed by atoms with Crippen molar-refractivity contribution in [2.24, 2.45) is 5.92 Å². The monoisotopic (exact) mass is 454 g/mol. The van der Waals surface area contributed by atoms with Crippen LogP contribution in [0.1, 0.15) is 51.3 Å². The van der Waals surface area contributed by atoms with Crippen molar-refractivity contribution in [3.05, 3.63) is 48.4 Å². The fourth-order valence-electron chi connectivity index (χ4n) is 4.22. The van der Waals surface area contributed by atoms with Crippen molar-refractivity contribution >= 4 is 17.7 Å². The zero-order valence-corrected chi connectivity index (χ0v) is 19.6. The lowest BCUT2D eigenvalue weighted by atomic mass is 9.85. The first-order valence-electron chi connectivity index (χ1n) is 11.1. The summed E-state index contributed by atoms with van der Waals surface area (Å²) in [6, 6.07) is 11.9. The summed E-state index contributed by atoms with van der Waals surface area (Å²) < 4.78 is 12.9. The molecule has 1 aromatic carbocycles. The molecular formula is C24H30N4O3S. The van der Waals surface area contributed by atoms with Crippen molar-refractivity contribution < 1.29 is 13.9 Å². The van der Waals surface area contributed by atoms with Gasteiger partial charge in [-0.15, -0.1) is 10.2 Å². The van der Waals surface area contributed by atoms with Gasteiger partial charge in [-0.25, -0.2) is 0 Å². The van der Waals surface area contributed by atoms with Crippen LogP contribution in [-0.4, -0.2) is 33.0 Å². The third kappa shape index (κ3) is 5.01. The molecule has 0 unspecified atom stereocenters. The zero-order chi connectivity index (χ0) is 22.5. The van der Waals surface area contributed by atoms with E-state index in [4.69, 9.17) is 9.15 Å². The Morgan fingerprint density at radius 1 is 1.25 bits per heavy atom. The Morgan fingerprint density at radius 3 is 2.72 bits per heavy atom. The minimum atomic E-state index is -0.310. The van der Waals surface area contributed by atoms with Crippen LogP contribution in [0.25, 0.3) is 11.4 Å². The van der Waals surface area contributed by atoms with Crippen molar-refractivity contribution in [1.29, 1.82) is 0 Å². The van der Waals surface area contributed by atoms with Crippen molar-refractivity contribution in [1.82, 2.24) is 20.1 Å². The molecule has 170 valence electrons. The minimum Gasteiger partial charge on any atom is -0.497 e. The highest BCUT2D eigenvalue weighted by molar-refractivity contribution is 8.00. The number of furan rings is 1. The van der Waals surface area contributed by atoms with Gasteiger partial charge < -0.3 is 14.5 Å². The molecule has 32 heavy (non-hydrogen) atoms. The van der Waals surface area contributed by atoms with Gasteiger partial charge in [0.15, 0.2) is 11.0 Å². The smallest absolute Gasteiger partial charge is 0.233 e. The van der Waals surface area contributed by atoms with E-state index in [1.165, 1.54) is 31.0 Å².